The largest absolute Gasteiger partial charge is 0.298 e. The summed E-state index contributed by atoms with van der Waals surface area (Å²) in [4.78, 5) is 34.3. The quantitative estimate of drug-likeness (QED) is 0.613. The molecular weight excluding hydrogens is 394 g/mol. The van der Waals surface area contributed by atoms with E-state index >= 15 is 0 Å². The Hall–Kier alpha value is -2.83. The molecule has 1 aliphatic rings. The molecule has 5 nitrogen and oxygen atoms in total. The summed E-state index contributed by atoms with van der Waals surface area (Å²) < 4.78 is 0. The van der Waals surface area contributed by atoms with Crippen LogP contribution in [0.4, 0.5) is 5.13 Å². The van der Waals surface area contributed by atoms with Crippen LogP contribution >= 0.6 is 11.3 Å². The topological polar surface area (TPSA) is 62.3 Å². The van der Waals surface area contributed by atoms with Gasteiger partial charge in [0.25, 0.3) is 5.91 Å². The van der Waals surface area contributed by atoms with Gasteiger partial charge in [-0.1, -0.05) is 37.3 Å². The van der Waals surface area contributed by atoms with Gasteiger partial charge in [0, 0.05) is 35.5 Å². The van der Waals surface area contributed by atoms with Crippen molar-refractivity contribution in [3.05, 3.63) is 80.9 Å². The van der Waals surface area contributed by atoms with E-state index in [1.54, 1.807) is 24.3 Å². The van der Waals surface area contributed by atoms with Gasteiger partial charge < -0.3 is 0 Å². The molecular formula is C24H25N3O2S. The summed E-state index contributed by atoms with van der Waals surface area (Å²) in [6.45, 7) is 9.02. The van der Waals surface area contributed by atoms with Crippen LogP contribution in [0.1, 0.15) is 54.9 Å². The number of hydrogen-bond donors (Lipinski definition) is 1. The van der Waals surface area contributed by atoms with E-state index in [0.717, 1.165) is 42.9 Å². The summed E-state index contributed by atoms with van der Waals surface area (Å²) in [5.41, 5.74) is 4.60. The zero-order chi connectivity index (χ0) is 21.3. The number of rotatable bonds is 5. The Labute approximate surface area is 180 Å². The van der Waals surface area contributed by atoms with E-state index in [4.69, 9.17) is 0 Å². The van der Waals surface area contributed by atoms with Crippen LogP contribution in [0.5, 0.6) is 0 Å². The molecule has 30 heavy (non-hydrogen) atoms. The highest BCUT2D eigenvalue weighted by Gasteiger charge is 2.22. The number of nitrogens with one attached hydrogen (secondary N) is 1. The van der Waals surface area contributed by atoms with Gasteiger partial charge in [-0.3, -0.25) is 19.8 Å². The first kappa shape index (κ1) is 20.4. The molecule has 0 spiro atoms. The minimum absolute atomic E-state index is 0.152. The van der Waals surface area contributed by atoms with E-state index in [1.165, 1.54) is 16.2 Å². The molecule has 0 saturated heterocycles. The van der Waals surface area contributed by atoms with Gasteiger partial charge >= 0.3 is 0 Å². The fourth-order valence-electron chi connectivity index (χ4n) is 3.65. The van der Waals surface area contributed by atoms with Gasteiger partial charge in [-0.25, -0.2) is 4.98 Å². The Kier molecular flexibility index (Phi) is 5.79. The van der Waals surface area contributed by atoms with Crippen LogP contribution in [0.2, 0.25) is 0 Å². The monoisotopic (exact) mass is 419 g/mol. The molecule has 4 rings (SSSR count). The van der Waals surface area contributed by atoms with E-state index in [-0.39, 0.29) is 11.7 Å². The normalized spacial score (nSPS) is 13.7. The Bertz CT molecular complexity index is 1120. The highest BCUT2D eigenvalue weighted by molar-refractivity contribution is 7.15. The average Bonchev–Trinajstić information content (AvgIpc) is 3.16. The van der Waals surface area contributed by atoms with Crippen molar-refractivity contribution < 1.29 is 9.59 Å². The number of aryl methyl sites for hydroxylation is 2. The molecule has 1 aromatic heterocycles. The first-order chi connectivity index (χ1) is 14.5. The number of nitrogens with zero attached hydrogens (tertiary/aromatic N) is 2. The second-order valence-corrected chi connectivity index (χ2v) is 8.72. The molecule has 0 fully saturated rings. The predicted octanol–water partition coefficient (Wildman–Crippen LogP) is 4.62. The van der Waals surface area contributed by atoms with E-state index in [1.807, 2.05) is 32.0 Å². The van der Waals surface area contributed by atoms with Crippen LogP contribution in [0.25, 0.3) is 0 Å². The van der Waals surface area contributed by atoms with Crippen molar-refractivity contribution in [2.24, 2.45) is 0 Å². The van der Waals surface area contributed by atoms with Crippen LogP contribution in [-0.2, 0) is 13.0 Å². The number of hydrogen-bond acceptors (Lipinski definition) is 5. The number of likely N-dealkylation sites (N-methyl/N-ethyl adjacent to an activating group) is 1. The van der Waals surface area contributed by atoms with Crippen LogP contribution < -0.4 is 5.32 Å². The fraction of sp³-hybridized carbons (Fsp3) is 0.292. The van der Waals surface area contributed by atoms with Crippen LogP contribution in [0, 0.1) is 13.8 Å². The highest BCUT2D eigenvalue weighted by atomic mass is 32.1. The van der Waals surface area contributed by atoms with Crippen molar-refractivity contribution >= 4 is 28.2 Å². The third kappa shape index (κ3) is 4.06. The SMILES string of the molecule is CCN1CCc2nc(NC(=O)c3ccccc3C(=O)c3ccc(C)c(C)c3)sc2C1. The van der Waals surface area contributed by atoms with Crippen molar-refractivity contribution in [3.8, 4) is 0 Å². The molecule has 2 heterocycles. The van der Waals surface area contributed by atoms with Crippen LogP contribution in [-0.4, -0.2) is 34.7 Å². The Morgan fingerprint density at radius 3 is 2.60 bits per heavy atom. The maximum Gasteiger partial charge on any atom is 0.258 e. The lowest BCUT2D eigenvalue weighted by molar-refractivity contribution is 0.0996. The number of amides is 1. The van der Waals surface area contributed by atoms with Crippen molar-refractivity contribution in [1.82, 2.24) is 9.88 Å². The Morgan fingerprint density at radius 2 is 1.87 bits per heavy atom. The zero-order valence-corrected chi connectivity index (χ0v) is 18.3. The summed E-state index contributed by atoms with van der Waals surface area (Å²) in [5, 5.41) is 3.51. The van der Waals surface area contributed by atoms with E-state index < -0.39 is 0 Å². The molecule has 6 heteroatoms. The number of thiazole rings is 1. The Morgan fingerprint density at radius 1 is 1.10 bits per heavy atom. The lowest BCUT2D eigenvalue weighted by Crippen LogP contribution is -2.29. The molecule has 0 aliphatic carbocycles. The summed E-state index contributed by atoms with van der Waals surface area (Å²) in [5.74, 6) is -0.456. The third-order valence-electron chi connectivity index (χ3n) is 5.66. The maximum atomic E-state index is 13.1. The highest BCUT2D eigenvalue weighted by Crippen LogP contribution is 2.29. The number of carbonyl (C=O) groups is 2. The second kappa shape index (κ2) is 8.50. The molecule has 0 saturated carbocycles. The van der Waals surface area contributed by atoms with Gasteiger partial charge in [0.1, 0.15) is 0 Å². The van der Waals surface area contributed by atoms with Gasteiger partial charge in [0.05, 0.1) is 11.3 Å². The molecule has 0 bridgehead atoms. The van der Waals surface area contributed by atoms with Gasteiger partial charge in [0.2, 0.25) is 0 Å². The van der Waals surface area contributed by atoms with Gasteiger partial charge in [-0.05, 0) is 43.7 Å². The number of ketones is 1. The smallest absolute Gasteiger partial charge is 0.258 e. The molecule has 154 valence electrons. The van der Waals surface area contributed by atoms with Gasteiger partial charge in [0.15, 0.2) is 10.9 Å². The van der Waals surface area contributed by atoms with Crippen LogP contribution in [0.3, 0.4) is 0 Å². The predicted molar refractivity (Wildman–Crippen MR) is 121 cm³/mol. The number of benzene rings is 2. The van der Waals surface area contributed by atoms with Crippen molar-refractivity contribution in [3.63, 3.8) is 0 Å². The minimum Gasteiger partial charge on any atom is -0.298 e. The summed E-state index contributed by atoms with van der Waals surface area (Å²) >= 11 is 1.52. The molecule has 0 atom stereocenters. The molecule has 1 amide bonds. The number of fused-ring (bicyclic) bond motifs is 1. The van der Waals surface area contributed by atoms with Gasteiger partial charge in [-0.15, -0.1) is 11.3 Å². The van der Waals surface area contributed by atoms with Crippen LogP contribution in [0.15, 0.2) is 42.5 Å². The molecule has 3 aromatic rings. The lowest BCUT2D eigenvalue weighted by atomic mass is 9.96. The molecule has 0 unspecified atom stereocenters. The minimum atomic E-state index is -0.304. The summed E-state index contributed by atoms with van der Waals surface area (Å²) in [6, 6.07) is 12.6. The van der Waals surface area contributed by atoms with E-state index in [9.17, 15) is 9.59 Å². The maximum absolute atomic E-state index is 13.1. The number of aromatic nitrogens is 1. The third-order valence-corrected chi connectivity index (χ3v) is 6.66. The lowest BCUT2D eigenvalue weighted by Gasteiger charge is -2.23. The average molecular weight is 420 g/mol. The van der Waals surface area contributed by atoms with Gasteiger partial charge in [-0.2, -0.15) is 0 Å². The molecule has 2 aromatic carbocycles. The van der Waals surface area contributed by atoms with Crippen molar-refractivity contribution in [1.29, 1.82) is 0 Å². The van der Waals surface area contributed by atoms with E-state index in [0.29, 0.717) is 21.8 Å². The Balaban J connectivity index is 1.58. The number of carbonyl (C=O) groups excluding carboxylic acids is 2. The molecule has 0 radical (unpaired) electrons. The molecule has 1 N–H and O–H groups in total. The van der Waals surface area contributed by atoms with E-state index in [2.05, 4.69) is 22.1 Å². The second-order valence-electron chi connectivity index (χ2n) is 7.64. The standard InChI is InChI=1S/C24H25N3O2S/c1-4-27-12-11-20-21(14-27)30-24(25-20)26-23(29)19-8-6-5-7-18(19)22(28)17-10-9-15(2)16(3)13-17/h5-10,13H,4,11-12,14H2,1-3H3,(H,25,26,29). The van der Waals surface area contributed by atoms with Crippen molar-refractivity contribution in [2.45, 2.75) is 33.7 Å². The molecule has 1 aliphatic heterocycles. The first-order valence-electron chi connectivity index (χ1n) is 10.2. The summed E-state index contributed by atoms with van der Waals surface area (Å²) in [6.07, 6.45) is 0.900. The zero-order valence-electron chi connectivity index (χ0n) is 17.5. The number of anilines is 1. The summed E-state index contributed by atoms with van der Waals surface area (Å²) in [7, 11) is 0. The fourth-order valence-corrected chi connectivity index (χ4v) is 4.70. The van der Waals surface area contributed by atoms with Crippen molar-refractivity contribution in [2.75, 3.05) is 18.4 Å². The first-order valence-corrected chi connectivity index (χ1v) is 11.0.